The fourth-order valence-electron chi connectivity index (χ4n) is 2.36. The summed E-state index contributed by atoms with van der Waals surface area (Å²) in [5.74, 6) is 1.75. The molecule has 0 aliphatic rings. The van der Waals surface area contributed by atoms with Crippen LogP contribution in [0.25, 0.3) is 0 Å². The standard InChI is InChI=1S/C18H18N4O3/c1-12-19-17(25-22-12)10-13-6-3-4-9-16(13)21-18(23)20-14-7-5-8-15(11-14)24-2/h3-9,11H,10H2,1-2H3,(H2,20,21,23). The number of nitrogens with one attached hydrogen (secondary N) is 2. The van der Waals surface area contributed by atoms with Crippen molar-refractivity contribution in [1.82, 2.24) is 10.1 Å². The topological polar surface area (TPSA) is 89.3 Å². The third-order valence-corrected chi connectivity index (χ3v) is 3.50. The van der Waals surface area contributed by atoms with Crippen molar-refractivity contribution in [3.05, 3.63) is 65.8 Å². The van der Waals surface area contributed by atoms with E-state index in [1.807, 2.05) is 30.3 Å². The van der Waals surface area contributed by atoms with Gasteiger partial charge < -0.3 is 19.9 Å². The zero-order chi connectivity index (χ0) is 17.6. The molecule has 0 atom stereocenters. The van der Waals surface area contributed by atoms with Gasteiger partial charge in [-0.05, 0) is 30.7 Å². The molecule has 0 aliphatic carbocycles. The highest BCUT2D eigenvalue weighted by molar-refractivity contribution is 6.00. The lowest BCUT2D eigenvalue weighted by molar-refractivity contribution is 0.262. The molecule has 2 N–H and O–H groups in total. The summed E-state index contributed by atoms with van der Waals surface area (Å²) in [7, 11) is 1.58. The van der Waals surface area contributed by atoms with E-state index >= 15 is 0 Å². The minimum Gasteiger partial charge on any atom is -0.497 e. The maximum absolute atomic E-state index is 12.3. The predicted octanol–water partition coefficient (Wildman–Crippen LogP) is 3.62. The van der Waals surface area contributed by atoms with Gasteiger partial charge in [0, 0.05) is 17.4 Å². The van der Waals surface area contributed by atoms with E-state index < -0.39 is 0 Å². The van der Waals surface area contributed by atoms with Crippen LogP contribution in [0.2, 0.25) is 0 Å². The number of anilines is 2. The maximum atomic E-state index is 12.3. The summed E-state index contributed by atoms with van der Waals surface area (Å²) in [5, 5.41) is 9.40. The summed E-state index contributed by atoms with van der Waals surface area (Å²) >= 11 is 0. The minimum atomic E-state index is -0.345. The number of methoxy groups -OCH3 is 1. The fourth-order valence-corrected chi connectivity index (χ4v) is 2.36. The van der Waals surface area contributed by atoms with Gasteiger partial charge in [-0.3, -0.25) is 0 Å². The third-order valence-electron chi connectivity index (χ3n) is 3.50. The van der Waals surface area contributed by atoms with Gasteiger partial charge in [0.1, 0.15) is 5.75 Å². The van der Waals surface area contributed by atoms with Crippen LogP contribution >= 0.6 is 0 Å². The molecule has 0 radical (unpaired) electrons. The minimum absolute atomic E-state index is 0.345. The number of para-hydroxylation sites is 1. The molecule has 0 bridgehead atoms. The van der Waals surface area contributed by atoms with E-state index in [-0.39, 0.29) is 6.03 Å². The van der Waals surface area contributed by atoms with Gasteiger partial charge in [-0.15, -0.1) is 0 Å². The Balaban J connectivity index is 1.70. The number of nitrogens with zero attached hydrogens (tertiary/aromatic N) is 2. The highest BCUT2D eigenvalue weighted by atomic mass is 16.5. The van der Waals surface area contributed by atoms with Crippen molar-refractivity contribution in [3.8, 4) is 5.75 Å². The quantitative estimate of drug-likeness (QED) is 0.741. The molecule has 0 fully saturated rings. The van der Waals surface area contributed by atoms with Crippen molar-refractivity contribution >= 4 is 17.4 Å². The highest BCUT2D eigenvalue weighted by Gasteiger charge is 2.11. The van der Waals surface area contributed by atoms with Crippen LogP contribution < -0.4 is 15.4 Å². The SMILES string of the molecule is COc1cccc(NC(=O)Nc2ccccc2Cc2nc(C)no2)c1. The molecule has 25 heavy (non-hydrogen) atoms. The summed E-state index contributed by atoms with van der Waals surface area (Å²) in [6.45, 7) is 1.76. The van der Waals surface area contributed by atoms with E-state index in [2.05, 4.69) is 20.8 Å². The largest absolute Gasteiger partial charge is 0.497 e. The first kappa shape index (κ1) is 16.5. The van der Waals surface area contributed by atoms with Gasteiger partial charge >= 0.3 is 6.03 Å². The second-order valence-electron chi connectivity index (χ2n) is 5.38. The number of hydrogen-bond donors (Lipinski definition) is 2. The number of amides is 2. The average Bonchev–Trinajstić information content (AvgIpc) is 3.01. The number of urea groups is 1. The summed E-state index contributed by atoms with van der Waals surface area (Å²) < 4.78 is 10.3. The first-order valence-corrected chi connectivity index (χ1v) is 7.73. The molecular weight excluding hydrogens is 320 g/mol. The van der Waals surface area contributed by atoms with Crippen molar-refractivity contribution < 1.29 is 14.1 Å². The summed E-state index contributed by atoms with van der Waals surface area (Å²) in [6.07, 6.45) is 0.441. The maximum Gasteiger partial charge on any atom is 0.323 e. The van der Waals surface area contributed by atoms with Crippen LogP contribution in [0, 0.1) is 6.92 Å². The third kappa shape index (κ3) is 4.35. The Bertz CT molecular complexity index is 876. The van der Waals surface area contributed by atoms with E-state index in [0.717, 1.165) is 5.56 Å². The van der Waals surface area contributed by atoms with E-state index in [1.54, 1.807) is 32.2 Å². The van der Waals surface area contributed by atoms with Crippen molar-refractivity contribution in [2.45, 2.75) is 13.3 Å². The van der Waals surface area contributed by atoms with Crippen LogP contribution in [0.3, 0.4) is 0 Å². The second-order valence-corrected chi connectivity index (χ2v) is 5.38. The van der Waals surface area contributed by atoms with E-state index in [9.17, 15) is 4.79 Å². The molecule has 0 aliphatic heterocycles. The molecule has 0 saturated carbocycles. The van der Waals surface area contributed by atoms with Gasteiger partial charge in [0.25, 0.3) is 0 Å². The van der Waals surface area contributed by atoms with Crippen molar-refractivity contribution in [1.29, 1.82) is 0 Å². The number of aryl methyl sites for hydroxylation is 1. The number of hydrogen-bond acceptors (Lipinski definition) is 5. The number of ether oxygens (including phenoxy) is 1. The molecule has 1 heterocycles. The zero-order valence-electron chi connectivity index (χ0n) is 13.9. The Morgan fingerprint density at radius 3 is 2.76 bits per heavy atom. The molecule has 7 heteroatoms. The molecule has 0 unspecified atom stereocenters. The van der Waals surface area contributed by atoms with Gasteiger partial charge in [-0.2, -0.15) is 4.98 Å². The lowest BCUT2D eigenvalue weighted by Crippen LogP contribution is -2.20. The Hall–Kier alpha value is -3.35. The molecule has 3 rings (SSSR count). The monoisotopic (exact) mass is 338 g/mol. The fraction of sp³-hybridized carbons (Fsp3) is 0.167. The second kappa shape index (κ2) is 7.48. The molecule has 0 saturated heterocycles. The molecule has 128 valence electrons. The van der Waals surface area contributed by atoms with Gasteiger partial charge in [0.05, 0.1) is 13.5 Å². The predicted molar refractivity (Wildman–Crippen MR) is 93.9 cm³/mol. The lowest BCUT2D eigenvalue weighted by Gasteiger charge is -2.11. The highest BCUT2D eigenvalue weighted by Crippen LogP contribution is 2.20. The van der Waals surface area contributed by atoms with Crippen LogP contribution in [0.5, 0.6) is 5.75 Å². The van der Waals surface area contributed by atoms with Crippen LogP contribution in [0.4, 0.5) is 16.2 Å². The molecule has 2 amide bonds. The van der Waals surface area contributed by atoms with Crippen molar-refractivity contribution in [2.24, 2.45) is 0 Å². The molecule has 7 nitrogen and oxygen atoms in total. The van der Waals surface area contributed by atoms with E-state index in [0.29, 0.717) is 35.3 Å². The normalized spacial score (nSPS) is 10.3. The number of rotatable bonds is 5. The number of benzene rings is 2. The molecular formula is C18H18N4O3. The lowest BCUT2D eigenvalue weighted by atomic mass is 10.1. The first-order chi connectivity index (χ1) is 12.1. The summed E-state index contributed by atoms with van der Waals surface area (Å²) in [5.41, 5.74) is 2.20. The van der Waals surface area contributed by atoms with Crippen LogP contribution in [-0.4, -0.2) is 23.3 Å². The van der Waals surface area contributed by atoms with Crippen LogP contribution in [0.1, 0.15) is 17.3 Å². The Kier molecular flexibility index (Phi) is 4.94. The number of carbonyl (C=O) groups excluding carboxylic acids is 1. The first-order valence-electron chi connectivity index (χ1n) is 7.73. The molecule has 2 aromatic carbocycles. The van der Waals surface area contributed by atoms with Crippen molar-refractivity contribution in [2.75, 3.05) is 17.7 Å². The zero-order valence-corrected chi connectivity index (χ0v) is 13.9. The summed E-state index contributed by atoms with van der Waals surface area (Å²) in [4.78, 5) is 16.5. The van der Waals surface area contributed by atoms with Gasteiger partial charge in [0.15, 0.2) is 5.82 Å². The van der Waals surface area contributed by atoms with Gasteiger partial charge in [0.2, 0.25) is 5.89 Å². The molecule has 3 aromatic rings. The van der Waals surface area contributed by atoms with E-state index in [4.69, 9.17) is 9.26 Å². The van der Waals surface area contributed by atoms with Gasteiger partial charge in [-0.25, -0.2) is 4.79 Å². The molecule has 1 aromatic heterocycles. The van der Waals surface area contributed by atoms with Gasteiger partial charge in [-0.1, -0.05) is 29.4 Å². The van der Waals surface area contributed by atoms with Crippen LogP contribution in [-0.2, 0) is 6.42 Å². The van der Waals surface area contributed by atoms with Crippen LogP contribution in [0.15, 0.2) is 53.1 Å². The smallest absolute Gasteiger partial charge is 0.323 e. The Morgan fingerprint density at radius 2 is 2.00 bits per heavy atom. The summed E-state index contributed by atoms with van der Waals surface area (Å²) in [6, 6.07) is 14.3. The molecule has 0 spiro atoms. The Morgan fingerprint density at radius 1 is 1.16 bits per heavy atom. The average molecular weight is 338 g/mol. The number of aromatic nitrogens is 2. The Labute approximate surface area is 145 Å². The number of carbonyl (C=O) groups is 1. The van der Waals surface area contributed by atoms with Crippen molar-refractivity contribution in [3.63, 3.8) is 0 Å². The van der Waals surface area contributed by atoms with E-state index in [1.165, 1.54) is 0 Å².